The Hall–Kier alpha value is -3.55. The first-order valence-corrected chi connectivity index (χ1v) is 8.50. The Morgan fingerprint density at radius 1 is 1.07 bits per heavy atom. The Labute approximate surface area is 155 Å². The second kappa shape index (κ2) is 7.36. The van der Waals surface area contributed by atoms with Gasteiger partial charge in [0.25, 0.3) is 5.91 Å². The maximum Gasteiger partial charge on any atom is 0.322 e. The number of nitrogens with zero attached hydrogens (tertiary/aromatic N) is 2. The zero-order valence-electron chi connectivity index (χ0n) is 14.6. The minimum Gasteiger partial charge on any atom is -0.494 e. The maximum atomic E-state index is 12.3. The molecule has 8 nitrogen and oxygen atoms in total. The molecule has 0 radical (unpaired) electrons. The number of benzene rings is 2. The molecule has 0 saturated carbocycles. The van der Waals surface area contributed by atoms with Gasteiger partial charge in [0.2, 0.25) is 5.89 Å². The molecule has 8 heteroatoms. The summed E-state index contributed by atoms with van der Waals surface area (Å²) in [7, 11) is 0. The molecule has 1 amide bonds. The van der Waals surface area contributed by atoms with E-state index in [0.717, 1.165) is 0 Å². The molecule has 27 heavy (non-hydrogen) atoms. The van der Waals surface area contributed by atoms with E-state index in [0.29, 0.717) is 48.2 Å². The Kier molecular flexibility index (Phi) is 4.61. The number of hydrogen-bond acceptors (Lipinski definition) is 7. The smallest absolute Gasteiger partial charge is 0.322 e. The Bertz CT molecular complexity index is 952. The number of fused-ring (bicyclic) bond motifs is 1. The summed E-state index contributed by atoms with van der Waals surface area (Å²) in [5, 5.41) is 10.4. The zero-order chi connectivity index (χ0) is 18.6. The minimum atomic E-state index is -0.351. The van der Waals surface area contributed by atoms with Crippen molar-refractivity contribution in [3.05, 3.63) is 48.0 Å². The van der Waals surface area contributed by atoms with Gasteiger partial charge in [-0.3, -0.25) is 10.1 Å². The largest absolute Gasteiger partial charge is 0.494 e. The van der Waals surface area contributed by atoms with Crippen LogP contribution in [0, 0.1) is 0 Å². The van der Waals surface area contributed by atoms with Crippen molar-refractivity contribution in [2.45, 2.75) is 6.92 Å². The van der Waals surface area contributed by atoms with Crippen molar-refractivity contribution in [2.24, 2.45) is 0 Å². The summed E-state index contributed by atoms with van der Waals surface area (Å²) in [6.45, 7) is 3.48. The summed E-state index contributed by atoms with van der Waals surface area (Å²) >= 11 is 0. The second-order valence-electron chi connectivity index (χ2n) is 5.68. The fraction of sp³-hybridized carbons (Fsp3) is 0.211. The molecule has 1 aromatic heterocycles. The predicted octanol–water partition coefficient (Wildman–Crippen LogP) is 3.16. The molecule has 0 atom stereocenters. The predicted molar refractivity (Wildman–Crippen MR) is 96.3 cm³/mol. The molecule has 0 bridgehead atoms. The number of carbonyl (C=O) groups is 1. The summed E-state index contributed by atoms with van der Waals surface area (Å²) in [5.41, 5.74) is 1.13. The van der Waals surface area contributed by atoms with Gasteiger partial charge in [0.05, 0.1) is 6.61 Å². The van der Waals surface area contributed by atoms with E-state index in [4.69, 9.17) is 18.6 Å². The van der Waals surface area contributed by atoms with Crippen LogP contribution in [-0.2, 0) is 0 Å². The summed E-state index contributed by atoms with van der Waals surface area (Å²) in [5.74, 6) is 1.92. The molecule has 1 N–H and O–H groups in total. The van der Waals surface area contributed by atoms with E-state index in [1.807, 2.05) is 6.92 Å². The molecule has 1 aliphatic heterocycles. The lowest BCUT2D eigenvalue weighted by Crippen LogP contribution is -2.15. The first-order chi connectivity index (χ1) is 13.2. The van der Waals surface area contributed by atoms with Crippen molar-refractivity contribution >= 4 is 11.9 Å². The Morgan fingerprint density at radius 3 is 2.63 bits per heavy atom. The highest BCUT2D eigenvalue weighted by molar-refractivity contribution is 6.03. The van der Waals surface area contributed by atoms with Gasteiger partial charge in [0.15, 0.2) is 11.5 Å². The van der Waals surface area contributed by atoms with Crippen molar-refractivity contribution in [3.63, 3.8) is 0 Å². The lowest BCUT2D eigenvalue weighted by molar-refractivity contribution is 0.102. The molecule has 138 valence electrons. The number of ether oxygens (including phenoxy) is 3. The van der Waals surface area contributed by atoms with E-state index in [1.165, 1.54) is 0 Å². The van der Waals surface area contributed by atoms with Gasteiger partial charge < -0.3 is 18.6 Å². The second-order valence-corrected chi connectivity index (χ2v) is 5.68. The van der Waals surface area contributed by atoms with Gasteiger partial charge in [0.1, 0.15) is 19.0 Å². The molecule has 0 saturated heterocycles. The van der Waals surface area contributed by atoms with Crippen LogP contribution in [0.1, 0.15) is 17.3 Å². The van der Waals surface area contributed by atoms with Crippen molar-refractivity contribution in [3.8, 4) is 28.7 Å². The first-order valence-electron chi connectivity index (χ1n) is 8.50. The fourth-order valence-corrected chi connectivity index (χ4v) is 2.61. The quantitative estimate of drug-likeness (QED) is 0.740. The van der Waals surface area contributed by atoms with Crippen LogP contribution in [0.3, 0.4) is 0 Å². The number of amides is 1. The van der Waals surface area contributed by atoms with Gasteiger partial charge >= 0.3 is 6.01 Å². The third-order valence-corrected chi connectivity index (χ3v) is 3.86. The summed E-state index contributed by atoms with van der Waals surface area (Å²) in [6.07, 6.45) is 0. The minimum absolute atomic E-state index is 0.0128. The lowest BCUT2D eigenvalue weighted by Gasteiger charge is -2.18. The molecule has 2 aromatic carbocycles. The molecule has 1 aliphatic rings. The number of hydrogen-bond donors (Lipinski definition) is 1. The summed E-state index contributed by atoms with van der Waals surface area (Å²) < 4.78 is 21.9. The normalized spacial score (nSPS) is 12.5. The Morgan fingerprint density at radius 2 is 1.85 bits per heavy atom. The topological polar surface area (TPSA) is 95.7 Å². The summed E-state index contributed by atoms with van der Waals surface area (Å²) in [6, 6.07) is 12.1. The molecule has 0 aliphatic carbocycles. The molecular weight excluding hydrogens is 350 g/mol. The maximum absolute atomic E-state index is 12.3. The van der Waals surface area contributed by atoms with E-state index in [2.05, 4.69) is 15.5 Å². The van der Waals surface area contributed by atoms with Gasteiger partial charge in [-0.1, -0.05) is 5.10 Å². The van der Waals surface area contributed by atoms with E-state index >= 15 is 0 Å². The number of nitrogens with one attached hydrogen (secondary N) is 1. The van der Waals surface area contributed by atoms with Gasteiger partial charge in [0, 0.05) is 11.1 Å². The van der Waals surface area contributed by atoms with Crippen molar-refractivity contribution in [1.29, 1.82) is 0 Å². The fourth-order valence-electron chi connectivity index (χ4n) is 2.61. The van der Waals surface area contributed by atoms with E-state index in [9.17, 15) is 4.79 Å². The van der Waals surface area contributed by atoms with Crippen LogP contribution in [0.15, 0.2) is 46.9 Å². The molecule has 2 heterocycles. The van der Waals surface area contributed by atoms with Crippen LogP contribution < -0.4 is 19.5 Å². The van der Waals surface area contributed by atoms with Crippen LogP contribution in [0.2, 0.25) is 0 Å². The first kappa shape index (κ1) is 16.9. The third kappa shape index (κ3) is 3.69. The third-order valence-electron chi connectivity index (χ3n) is 3.86. The average Bonchev–Trinajstić information content (AvgIpc) is 3.17. The van der Waals surface area contributed by atoms with Crippen LogP contribution >= 0.6 is 0 Å². The summed E-state index contributed by atoms with van der Waals surface area (Å²) in [4.78, 5) is 12.3. The van der Waals surface area contributed by atoms with Gasteiger partial charge in [-0.2, -0.15) is 0 Å². The molecule has 0 fully saturated rings. The molecular formula is C19H17N3O5. The highest BCUT2D eigenvalue weighted by Gasteiger charge is 2.17. The SMILES string of the molecule is CCOc1ccc(C(=O)Nc2nnc(-c3ccc4c(c3)OCCO4)o2)cc1. The van der Waals surface area contributed by atoms with Crippen LogP contribution in [0.4, 0.5) is 6.01 Å². The zero-order valence-corrected chi connectivity index (χ0v) is 14.6. The van der Waals surface area contributed by atoms with Crippen molar-refractivity contribution in [2.75, 3.05) is 25.1 Å². The number of carbonyl (C=O) groups excluding carboxylic acids is 1. The van der Waals surface area contributed by atoms with Gasteiger partial charge in [-0.15, -0.1) is 5.10 Å². The standard InChI is InChI=1S/C19H17N3O5/c1-2-24-14-6-3-12(4-7-14)17(23)20-19-22-21-18(27-19)13-5-8-15-16(11-13)26-10-9-25-15/h3-8,11H,2,9-10H2,1H3,(H,20,22,23). The molecule has 4 rings (SSSR count). The van der Waals surface area contributed by atoms with E-state index in [-0.39, 0.29) is 17.8 Å². The lowest BCUT2D eigenvalue weighted by atomic mass is 10.2. The van der Waals surface area contributed by atoms with E-state index < -0.39 is 0 Å². The van der Waals surface area contributed by atoms with Crippen LogP contribution in [0.5, 0.6) is 17.2 Å². The number of aromatic nitrogens is 2. The van der Waals surface area contributed by atoms with E-state index in [1.54, 1.807) is 42.5 Å². The van der Waals surface area contributed by atoms with Crippen LogP contribution in [0.25, 0.3) is 11.5 Å². The molecule has 0 spiro atoms. The average molecular weight is 367 g/mol. The monoisotopic (exact) mass is 367 g/mol. The van der Waals surface area contributed by atoms with Gasteiger partial charge in [-0.05, 0) is 49.4 Å². The number of anilines is 1. The van der Waals surface area contributed by atoms with Crippen molar-refractivity contribution in [1.82, 2.24) is 10.2 Å². The molecule has 0 unspecified atom stereocenters. The highest BCUT2D eigenvalue weighted by atomic mass is 16.6. The highest BCUT2D eigenvalue weighted by Crippen LogP contribution is 2.34. The Balaban J connectivity index is 1.47. The van der Waals surface area contributed by atoms with Gasteiger partial charge in [-0.25, -0.2) is 0 Å². The molecule has 3 aromatic rings. The number of rotatable bonds is 5. The van der Waals surface area contributed by atoms with Crippen LogP contribution in [-0.4, -0.2) is 35.9 Å². The van der Waals surface area contributed by atoms with Crippen molar-refractivity contribution < 1.29 is 23.4 Å².